The predicted molar refractivity (Wildman–Crippen MR) is 107 cm³/mol. The SMILES string of the molecule is CCc1ccccc1NC(=O)CCN(c1cccc(C)c1C)S(C)(=O)=O. The molecule has 0 heterocycles. The summed E-state index contributed by atoms with van der Waals surface area (Å²) in [6.07, 6.45) is 2.06. The number of rotatable bonds is 7. The number of benzene rings is 2. The van der Waals surface area contributed by atoms with Gasteiger partial charge < -0.3 is 5.32 Å². The van der Waals surface area contributed by atoms with Gasteiger partial charge in [0.05, 0.1) is 11.9 Å². The first kappa shape index (κ1) is 20.0. The smallest absolute Gasteiger partial charge is 0.232 e. The van der Waals surface area contributed by atoms with E-state index in [4.69, 9.17) is 0 Å². The molecule has 0 unspecified atom stereocenters. The fourth-order valence-corrected chi connectivity index (χ4v) is 3.82. The Morgan fingerprint density at radius 3 is 2.42 bits per heavy atom. The fourth-order valence-electron chi connectivity index (χ4n) is 2.84. The number of anilines is 2. The van der Waals surface area contributed by atoms with Gasteiger partial charge in [-0.25, -0.2) is 8.42 Å². The molecule has 1 amide bonds. The number of amides is 1. The molecule has 0 aliphatic heterocycles. The molecule has 0 radical (unpaired) electrons. The van der Waals surface area contributed by atoms with Crippen molar-refractivity contribution in [3.63, 3.8) is 0 Å². The number of nitrogens with zero attached hydrogens (tertiary/aromatic N) is 1. The van der Waals surface area contributed by atoms with Crippen LogP contribution in [0.25, 0.3) is 0 Å². The van der Waals surface area contributed by atoms with Crippen LogP contribution >= 0.6 is 0 Å². The van der Waals surface area contributed by atoms with Gasteiger partial charge in [0.1, 0.15) is 0 Å². The van der Waals surface area contributed by atoms with Crippen LogP contribution in [0.5, 0.6) is 0 Å². The molecule has 2 aromatic carbocycles. The second-order valence-corrected chi connectivity index (χ2v) is 8.27. The highest BCUT2D eigenvalue weighted by Gasteiger charge is 2.21. The second kappa shape index (κ2) is 8.36. The predicted octanol–water partition coefficient (Wildman–Crippen LogP) is 3.66. The maximum atomic E-state index is 12.4. The molecule has 2 aromatic rings. The Bertz CT molecular complexity index is 892. The van der Waals surface area contributed by atoms with Crippen molar-refractivity contribution in [3.8, 4) is 0 Å². The Labute approximate surface area is 156 Å². The van der Waals surface area contributed by atoms with Crippen molar-refractivity contribution < 1.29 is 13.2 Å². The van der Waals surface area contributed by atoms with Gasteiger partial charge in [-0.05, 0) is 49.1 Å². The Morgan fingerprint density at radius 2 is 1.77 bits per heavy atom. The molecule has 0 aliphatic rings. The summed E-state index contributed by atoms with van der Waals surface area (Å²) in [6.45, 7) is 5.95. The zero-order valence-electron chi connectivity index (χ0n) is 15.7. The van der Waals surface area contributed by atoms with E-state index < -0.39 is 10.0 Å². The minimum absolute atomic E-state index is 0.0818. The average molecular weight is 375 g/mol. The van der Waals surface area contributed by atoms with Crippen LogP contribution in [-0.2, 0) is 21.2 Å². The van der Waals surface area contributed by atoms with Gasteiger partial charge in [-0.2, -0.15) is 0 Å². The minimum atomic E-state index is -3.49. The first-order chi connectivity index (χ1) is 12.2. The molecular weight excluding hydrogens is 348 g/mol. The molecule has 0 saturated heterocycles. The molecule has 5 nitrogen and oxygen atoms in total. The monoisotopic (exact) mass is 374 g/mol. The van der Waals surface area contributed by atoms with Crippen LogP contribution in [0.15, 0.2) is 42.5 Å². The summed E-state index contributed by atoms with van der Waals surface area (Å²) in [5.41, 5.74) is 4.36. The number of sulfonamides is 1. The lowest BCUT2D eigenvalue weighted by Gasteiger charge is -2.24. The van der Waals surface area contributed by atoms with E-state index in [-0.39, 0.29) is 18.9 Å². The van der Waals surface area contributed by atoms with Crippen molar-refractivity contribution in [2.75, 3.05) is 22.4 Å². The molecule has 0 spiro atoms. The van der Waals surface area contributed by atoms with E-state index in [1.165, 1.54) is 10.6 Å². The summed E-state index contributed by atoms with van der Waals surface area (Å²) >= 11 is 0. The molecule has 1 N–H and O–H groups in total. The molecule has 0 aromatic heterocycles. The highest BCUT2D eigenvalue weighted by Crippen LogP contribution is 2.25. The number of aryl methyl sites for hydroxylation is 2. The average Bonchev–Trinajstić information content (AvgIpc) is 2.58. The van der Waals surface area contributed by atoms with Gasteiger partial charge in [0.25, 0.3) is 0 Å². The van der Waals surface area contributed by atoms with Gasteiger partial charge in [-0.1, -0.05) is 37.3 Å². The number of hydrogen-bond acceptors (Lipinski definition) is 3. The molecule has 0 atom stereocenters. The van der Waals surface area contributed by atoms with Crippen LogP contribution in [0.1, 0.15) is 30.0 Å². The van der Waals surface area contributed by atoms with Crippen molar-refractivity contribution in [1.29, 1.82) is 0 Å². The topological polar surface area (TPSA) is 66.5 Å². The number of hydrogen-bond donors (Lipinski definition) is 1. The lowest BCUT2D eigenvalue weighted by atomic mass is 10.1. The van der Waals surface area contributed by atoms with Gasteiger partial charge >= 0.3 is 0 Å². The minimum Gasteiger partial charge on any atom is -0.326 e. The maximum Gasteiger partial charge on any atom is 0.232 e. The number of nitrogens with one attached hydrogen (secondary N) is 1. The van der Waals surface area contributed by atoms with Crippen molar-refractivity contribution in [3.05, 3.63) is 59.2 Å². The molecule has 26 heavy (non-hydrogen) atoms. The first-order valence-electron chi connectivity index (χ1n) is 8.65. The summed E-state index contributed by atoms with van der Waals surface area (Å²) in [5.74, 6) is -0.204. The zero-order valence-corrected chi connectivity index (χ0v) is 16.6. The molecule has 0 fully saturated rings. The van der Waals surface area contributed by atoms with Gasteiger partial charge in [0.15, 0.2) is 0 Å². The third kappa shape index (κ3) is 4.85. The highest BCUT2D eigenvalue weighted by molar-refractivity contribution is 7.92. The molecular formula is C20H26N2O3S. The van der Waals surface area contributed by atoms with Crippen LogP contribution < -0.4 is 9.62 Å². The quantitative estimate of drug-likeness (QED) is 0.804. The van der Waals surface area contributed by atoms with E-state index in [0.717, 1.165) is 28.8 Å². The van der Waals surface area contributed by atoms with Gasteiger partial charge in [0.2, 0.25) is 15.9 Å². The molecule has 0 bridgehead atoms. The van der Waals surface area contributed by atoms with Crippen molar-refractivity contribution >= 4 is 27.3 Å². The zero-order chi connectivity index (χ0) is 19.3. The van der Waals surface area contributed by atoms with Crippen LogP contribution in [-0.4, -0.2) is 27.1 Å². The summed E-state index contributed by atoms with van der Waals surface area (Å²) in [6, 6.07) is 13.2. The first-order valence-corrected chi connectivity index (χ1v) is 10.5. The summed E-state index contributed by atoms with van der Waals surface area (Å²) in [5, 5.41) is 2.89. The lowest BCUT2D eigenvalue weighted by molar-refractivity contribution is -0.116. The van der Waals surface area contributed by atoms with Gasteiger partial charge in [-0.3, -0.25) is 9.10 Å². The van der Waals surface area contributed by atoms with Crippen molar-refractivity contribution in [2.45, 2.75) is 33.6 Å². The fraction of sp³-hybridized carbons (Fsp3) is 0.350. The van der Waals surface area contributed by atoms with Crippen LogP contribution in [0, 0.1) is 13.8 Å². The van der Waals surface area contributed by atoms with Crippen LogP contribution in [0.4, 0.5) is 11.4 Å². The standard InChI is InChI=1S/C20H26N2O3S/c1-5-17-10-6-7-11-18(17)21-20(23)13-14-22(26(4,24)25)19-12-8-9-15(2)16(19)3/h6-12H,5,13-14H2,1-4H3,(H,21,23). The van der Waals surface area contributed by atoms with Crippen molar-refractivity contribution in [1.82, 2.24) is 0 Å². The van der Waals surface area contributed by atoms with E-state index >= 15 is 0 Å². The Kier molecular flexibility index (Phi) is 6.42. The van der Waals surface area contributed by atoms with Crippen LogP contribution in [0.2, 0.25) is 0 Å². The van der Waals surface area contributed by atoms with Gasteiger partial charge in [0, 0.05) is 18.7 Å². The number of para-hydroxylation sites is 1. The second-order valence-electron chi connectivity index (χ2n) is 6.36. The summed E-state index contributed by atoms with van der Waals surface area (Å²) < 4.78 is 25.8. The van der Waals surface area contributed by atoms with Crippen molar-refractivity contribution in [2.24, 2.45) is 0 Å². The third-order valence-electron chi connectivity index (χ3n) is 4.46. The summed E-state index contributed by atoms with van der Waals surface area (Å²) in [4.78, 5) is 12.4. The Balaban J connectivity index is 2.15. The highest BCUT2D eigenvalue weighted by atomic mass is 32.2. The number of carbonyl (C=O) groups excluding carboxylic acids is 1. The van der Waals surface area contributed by atoms with E-state index in [1.807, 2.05) is 57.2 Å². The number of carbonyl (C=O) groups is 1. The molecule has 0 aliphatic carbocycles. The largest absolute Gasteiger partial charge is 0.326 e. The van der Waals surface area contributed by atoms with E-state index in [9.17, 15) is 13.2 Å². The molecule has 2 rings (SSSR count). The summed E-state index contributed by atoms with van der Waals surface area (Å²) in [7, 11) is -3.49. The lowest BCUT2D eigenvalue weighted by Crippen LogP contribution is -2.33. The Morgan fingerprint density at radius 1 is 1.08 bits per heavy atom. The van der Waals surface area contributed by atoms with E-state index in [0.29, 0.717) is 5.69 Å². The van der Waals surface area contributed by atoms with E-state index in [1.54, 1.807) is 6.07 Å². The normalized spacial score (nSPS) is 11.2. The molecule has 6 heteroatoms. The maximum absolute atomic E-state index is 12.4. The molecule has 0 saturated carbocycles. The Hall–Kier alpha value is -2.34. The van der Waals surface area contributed by atoms with E-state index in [2.05, 4.69) is 5.32 Å². The molecule has 140 valence electrons. The van der Waals surface area contributed by atoms with Crippen LogP contribution in [0.3, 0.4) is 0 Å². The van der Waals surface area contributed by atoms with Gasteiger partial charge in [-0.15, -0.1) is 0 Å². The third-order valence-corrected chi connectivity index (χ3v) is 5.64.